The first-order chi connectivity index (χ1) is 14.9. The Labute approximate surface area is 174 Å². The predicted octanol–water partition coefficient (Wildman–Crippen LogP) is 5.05. The summed E-state index contributed by atoms with van der Waals surface area (Å²) in [5, 5.41) is 3.60. The van der Waals surface area contributed by atoms with Crippen LogP contribution in [0.25, 0.3) is 0 Å². The van der Waals surface area contributed by atoms with Gasteiger partial charge in [-0.3, -0.25) is 5.43 Å². The number of anilines is 1. The molecule has 5 nitrogen and oxygen atoms in total. The quantitative estimate of drug-likeness (QED) is 0.187. The first-order valence-corrected chi connectivity index (χ1v) is 8.91. The third-order valence-corrected chi connectivity index (χ3v) is 4.16. The number of halogens is 4. The molecule has 0 fully saturated rings. The minimum absolute atomic E-state index is 0.117. The lowest BCUT2D eigenvalue weighted by Gasteiger charge is -2.07. The number of hydrazone groups is 1. The van der Waals surface area contributed by atoms with Gasteiger partial charge in [-0.25, -0.2) is 22.4 Å². The molecule has 3 aromatic carbocycles. The summed E-state index contributed by atoms with van der Waals surface area (Å²) in [5.41, 5.74) is 2.76. The number of nitrogens with one attached hydrogen (secondary N) is 1. The number of methoxy groups -OCH3 is 1. The van der Waals surface area contributed by atoms with Crippen molar-refractivity contribution in [3.05, 3.63) is 94.6 Å². The molecule has 31 heavy (non-hydrogen) atoms. The number of benzene rings is 3. The van der Waals surface area contributed by atoms with Crippen LogP contribution in [0.3, 0.4) is 0 Å². The van der Waals surface area contributed by atoms with Crippen molar-refractivity contribution in [3.63, 3.8) is 0 Å². The molecular weight excluding hydrogens is 416 g/mol. The van der Waals surface area contributed by atoms with Crippen molar-refractivity contribution < 1.29 is 31.8 Å². The third kappa shape index (κ3) is 5.39. The van der Waals surface area contributed by atoms with Crippen LogP contribution in [0.4, 0.5) is 23.2 Å². The minimum Gasteiger partial charge on any atom is -0.489 e. The van der Waals surface area contributed by atoms with Gasteiger partial charge in [-0.2, -0.15) is 5.10 Å². The van der Waals surface area contributed by atoms with Crippen molar-refractivity contribution in [1.82, 2.24) is 0 Å². The lowest BCUT2D eigenvalue weighted by atomic mass is 10.1. The summed E-state index contributed by atoms with van der Waals surface area (Å²) in [5.74, 6) is -6.08. The Morgan fingerprint density at radius 2 is 1.58 bits per heavy atom. The number of carbonyl (C=O) groups excluding carboxylic acids is 1. The molecular formula is C22H16F4N2O3. The summed E-state index contributed by atoms with van der Waals surface area (Å²) in [6.07, 6.45) is 1.22. The highest BCUT2D eigenvalue weighted by molar-refractivity contribution is 5.89. The number of hydrogen-bond donors (Lipinski definition) is 1. The van der Waals surface area contributed by atoms with Crippen LogP contribution >= 0.6 is 0 Å². The second-order valence-electron chi connectivity index (χ2n) is 6.26. The van der Waals surface area contributed by atoms with Crippen molar-refractivity contribution >= 4 is 17.9 Å². The molecule has 0 bridgehead atoms. The van der Waals surface area contributed by atoms with Gasteiger partial charge in [0.1, 0.15) is 18.0 Å². The molecule has 0 aromatic heterocycles. The zero-order valence-corrected chi connectivity index (χ0v) is 16.2. The van der Waals surface area contributed by atoms with E-state index in [0.29, 0.717) is 16.9 Å². The molecule has 0 aliphatic rings. The fourth-order valence-corrected chi connectivity index (χ4v) is 2.51. The Kier molecular flexibility index (Phi) is 6.86. The van der Waals surface area contributed by atoms with E-state index in [1.807, 2.05) is 5.43 Å². The van der Waals surface area contributed by atoms with E-state index in [4.69, 9.17) is 4.74 Å². The maximum atomic E-state index is 13.6. The summed E-state index contributed by atoms with van der Waals surface area (Å²) in [6.45, 7) is 0.264. The van der Waals surface area contributed by atoms with Crippen LogP contribution in [-0.4, -0.2) is 19.3 Å². The van der Waals surface area contributed by atoms with Gasteiger partial charge in [0.15, 0.2) is 23.3 Å². The van der Waals surface area contributed by atoms with Crippen LogP contribution in [-0.2, 0) is 11.3 Å². The van der Waals surface area contributed by atoms with Crippen molar-refractivity contribution in [2.24, 2.45) is 5.10 Å². The highest BCUT2D eigenvalue weighted by Crippen LogP contribution is 2.24. The van der Waals surface area contributed by atoms with Gasteiger partial charge in [-0.05, 0) is 47.5 Å². The lowest BCUT2D eigenvalue weighted by molar-refractivity contribution is 0.0600. The lowest BCUT2D eigenvalue weighted by Crippen LogP contribution is -2.02. The molecule has 0 aliphatic carbocycles. The predicted molar refractivity (Wildman–Crippen MR) is 106 cm³/mol. The number of nitrogens with zero attached hydrogens (tertiary/aromatic N) is 1. The second kappa shape index (κ2) is 9.75. The molecule has 3 rings (SSSR count). The zero-order chi connectivity index (χ0) is 22.4. The summed E-state index contributed by atoms with van der Waals surface area (Å²) in [4.78, 5) is 11.4. The van der Waals surface area contributed by atoms with Gasteiger partial charge in [-0.15, -0.1) is 0 Å². The van der Waals surface area contributed by atoms with E-state index in [-0.39, 0.29) is 12.7 Å². The molecule has 0 atom stereocenters. The van der Waals surface area contributed by atoms with Gasteiger partial charge < -0.3 is 9.47 Å². The fourth-order valence-electron chi connectivity index (χ4n) is 2.51. The molecule has 3 aromatic rings. The van der Waals surface area contributed by atoms with Crippen LogP contribution in [0.5, 0.6) is 5.75 Å². The summed E-state index contributed by atoms with van der Waals surface area (Å²) in [6, 6.07) is 13.4. The fraction of sp³-hybridized carbons (Fsp3) is 0.0909. The van der Waals surface area contributed by atoms with Gasteiger partial charge in [-0.1, -0.05) is 12.1 Å². The van der Waals surface area contributed by atoms with E-state index in [1.165, 1.54) is 13.3 Å². The van der Waals surface area contributed by atoms with Crippen LogP contribution in [0, 0.1) is 23.3 Å². The van der Waals surface area contributed by atoms with Crippen LogP contribution < -0.4 is 10.2 Å². The Morgan fingerprint density at radius 3 is 2.16 bits per heavy atom. The Morgan fingerprint density at radius 1 is 0.968 bits per heavy atom. The zero-order valence-electron chi connectivity index (χ0n) is 16.2. The van der Waals surface area contributed by atoms with Gasteiger partial charge >= 0.3 is 5.97 Å². The van der Waals surface area contributed by atoms with E-state index in [9.17, 15) is 22.4 Å². The van der Waals surface area contributed by atoms with Crippen LogP contribution in [0.1, 0.15) is 21.5 Å². The van der Waals surface area contributed by atoms with E-state index < -0.39 is 34.9 Å². The molecule has 9 heteroatoms. The van der Waals surface area contributed by atoms with E-state index >= 15 is 0 Å². The average molecular weight is 432 g/mol. The standard InChI is InChI=1S/C22H16F4N2O3/c1-30-22(29)15-6-2-14(3-7-15)12-31-16-8-4-13(5-9-16)11-27-28-21-19(25)17(23)10-18(24)20(21)26/h2-11,28H,12H2,1H3. The van der Waals surface area contributed by atoms with Crippen molar-refractivity contribution in [2.75, 3.05) is 12.5 Å². The molecule has 0 amide bonds. The average Bonchev–Trinajstić information content (AvgIpc) is 2.79. The molecule has 0 unspecified atom stereocenters. The second-order valence-corrected chi connectivity index (χ2v) is 6.26. The van der Waals surface area contributed by atoms with Crippen molar-refractivity contribution in [3.8, 4) is 5.75 Å². The van der Waals surface area contributed by atoms with Crippen molar-refractivity contribution in [2.45, 2.75) is 6.61 Å². The number of ether oxygens (including phenoxy) is 2. The first-order valence-electron chi connectivity index (χ1n) is 8.91. The smallest absolute Gasteiger partial charge is 0.337 e. The minimum atomic E-state index is -1.57. The number of rotatable bonds is 7. The number of hydrogen-bond acceptors (Lipinski definition) is 5. The maximum Gasteiger partial charge on any atom is 0.337 e. The topological polar surface area (TPSA) is 59.9 Å². The Hall–Kier alpha value is -3.88. The Bertz CT molecular complexity index is 1070. The Balaban J connectivity index is 1.58. The SMILES string of the molecule is COC(=O)c1ccc(COc2ccc(C=NNc3c(F)c(F)cc(F)c3F)cc2)cc1. The molecule has 0 saturated heterocycles. The number of carbonyl (C=O) groups is 1. The molecule has 160 valence electrons. The van der Waals surface area contributed by atoms with E-state index in [1.54, 1.807) is 48.5 Å². The van der Waals surface area contributed by atoms with Gasteiger partial charge in [0.05, 0.1) is 18.9 Å². The maximum absolute atomic E-state index is 13.6. The third-order valence-electron chi connectivity index (χ3n) is 4.16. The van der Waals surface area contributed by atoms with Gasteiger partial charge in [0, 0.05) is 6.07 Å². The van der Waals surface area contributed by atoms with Gasteiger partial charge in [0.2, 0.25) is 0 Å². The van der Waals surface area contributed by atoms with E-state index in [2.05, 4.69) is 9.84 Å². The molecule has 0 heterocycles. The summed E-state index contributed by atoms with van der Waals surface area (Å²) in [7, 11) is 1.31. The summed E-state index contributed by atoms with van der Waals surface area (Å²) < 4.78 is 63.8. The largest absolute Gasteiger partial charge is 0.489 e. The summed E-state index contributed by atoms with van der Waals surface area (Å²) >= 11 is 0. The van der Waals surface area contributed by atoms with Crippen LogP contribution in [0.2, 0.25) is 0 Å². The van der Waals surface area contributed by atoms with Gasteiger partial charge in [0.25, 0.3) is 0 Å². The molecule has 0 aliphatic heterocycles. The van der Waals surface area contributed by atoms with E-state index in [0.717, 1.165) is 5.56 Å². The molecule has 0 radical (unpaired) electrons. The normalized spacial score (nSPS) is 10.9. The monoisotopic (exact) mass is 432 g/mol. The molecule has 0 saturated carbocycles. The highest BCUT2D eigenvalue weighted by atomic mass is 19.2. The number of esters is 1. The molecule has 1 N–H and O–H groups in total. The van der Waals surface area contributed by atoms with Crippen LogP contribution in [0.15, 0.2) is 59.7 Å². The first kappa shape index (κ1) is 21.8. The molecule has 0 spiro atoms. The highest BCUT2D eigenvalue weighted by Gasteiger charge is 2.18. The van der Waals surface area contributed by atoms with Crippen molar-refractivity contribution in [1.29, 1.82) is 0 Å².